The topological polar surface area (TPSA) is 66.5 Å². The van der Waals surface area contributed by atoms with Crippen LogP contribution in [0.4, 0.5) is 0 Å². The lowest BCUT2D eigenvalue weighted by Crippen LogP contribution is -2.48. The molecule has 2 aromatic rings. The number of fused-ring (bicyclic) bond motifs is 1. The fourth-order valence-electron chi connectivity index (χ4n) is 3.75. The number of rotatable bonds is 6. The van der Waals surface area contributed by atoms with Gasteiger partial charge in [-0.05, 0) is 41.7 Å². The molecule has 1 aliphatic rings. The normalized spacial score (nSPS) is 15.9. The number of carbonyl (C=O) groups excluding carboxylic acids is 1. The Bertz CT molecular complexity index is 954. The maximum absolute atomic E-state index is 12.6. The number of amides is 1. The maximum Gasteiger partial charge on any atom is 0.251 e. The van der Waals surface area contributed by atoms with E-state index >= 15 is 0 Å². The van der Waals surface area contributed by atoms with Gasteiger partial charge in [-0.15, -0.1) is 0 Å². The van der Waals surface area contributed by atoms with Gasteiger partial charge >= 0.3 is 0 Å². The third kappa shape index (κ3) is 4.80. The molecule has 1 heterocycles. The number of nitrogens with one attached hydrogen (secondary N) is 1. The Kier molecular flexibility index (Phi) is 6.20. The second-order valence-corrected chi connectivity index (χ2v) is 9.83. The largest absolute Gasteiger partial charge is 0.350 e. The number of hydrogen-bond acceptors (Lipinski definition) is 4. The summed E-state index contributed by atoms with van der Waals surface area (Å²) in [7, 11) is -3.34. The molecule has 0 radical (unpaired) electrons. The zero-order valence-electron chi connectivity index (χ0n) is 16.7. The van der Waals surface area contributed by atoms with Crippen LogP contribution in [0.3, 0.4) is 0 Å². The van der Waals surface area contributed by atoms with Crippen LogP contribution >= 0.6 is 0 Å². The first kappa shape index (κ1) is 20.6. The molecule has 0 unspecified atom stereocenters. The molecule has 1 atom stereocenters. The SMILES string of the molecule is CC(C)[C@H](CNC(=O)c1cccc(S(C)(=O)=O)c1)N1CCc2ccccc2C1. The van der Waals surface area contributed by atoms with Gasteiger partial charge in [0.2, 0.25) is 0 Å². The van der Waals surface area contributed by atoms with Crippen molar-refractivity contribution in [2.24, 2.45) is 5.92 Å². The van der Waals surface area contributed by atoms with Gasteiger partial charge < -0.3 is 5.32 Å². The lowest BCUT2D eigenvalue weighted by atomic mass is 9.95. The molecule has 3 rings (SSSR count). The van der Waals surface area contributed by atoms with Crippen LogP contribution in [0.5, 0.6) is 0 Å². The van der Waals surface area contributed by atoms with E-state index in [9.17, 15) is 13.2 Å². The first-order chi connectivity index (χ1) is 13.3. The zero-order valence-corrected chi connectivity index (χ0v) is 17.5. The minimum atomic E-state index is -3.34. The van der Waals surface area contributed by atoms with Crippen molar-refractivity contribution < 1.29 is 13.2 Å². The summed E-state index contributed by atoms with van der Waals surface area (Å²) in [4.78, 5) is 15.2. The van der Waals surface area contributed by atoms with E-state index < -0.39 is 9.84 Å². The van der Waals surface area contributed by atoms with Gasteiger partial charge in [0.1, 0.15) is 0 Å². The summed E-state index contributed by atoms with van der Waals surface area (Å²) in [5.41, 5.74) is 3.13. The molecule has 0 bridgehead atoms. The Morgan fingerprint density at radius 2 is 1.82 bits per heavy atom. The Hall–Kier alpha value is -2.18. The number of benzene rings is 2. The Morgan fingerprint density at radius 1 is 1.11 bits per heavy atom. The third-order valence-electron chi connectivity index (χ3n) is 5.39. The van der Waals surface area contributed by atoms with E-state index in [1.165, 1.54) is 23.3 Å². The highest BCUT2D eigenvalue weighted by atomic mass is 32.2. The predicted octanol–water partition coefficient (Wildman–Crippen LogP) is 2.90. The Labute approximate surface area is 167 Å². The summed E-state index contributed by atoms with van der Waals surface area (Å²) >= 11 is 0. The van der Waals surface area contributed by atoms with E-state index in [4.69, 9.17) is 0 Å². The van der Waals surface area contributed by atoms with Crippen LogP contribution in [0.15, 0.2) is 53.4 Å². The highest BCUT2D eigenvalue weighted by molar-refractivity contribution is 7.90. The van der Waals surface area contributed by atoms with Crippen molar-refractivity contribution in [3.8, 4) is 0 Å². The summed E-state index contributed by atoms with van der Waals surface area (Å²) in [6, 6.07) is 14.9. The lowest BCUT2D eigenvalue weighted by Gasteiger charge is -2.38. The van der Waals surface area contributed by atoms with E-state index in [1.807, 2.05) is 0 Å². The van der Waals surface area contributed by atoms with Gasteiger partial charge in [0.05, 0.1) is 4.90 Å². The molecule has 5 nitrogen and oxygen atoms in total. The monoisotopic (exact) mass is 400 g/mol. The summed E-state index contributed by atoms with van der Waals surface area (Å²) < 4.78 is 23.5. The van der Waals surface area contributed by atoms with Gasteiger partial charge in [-0.2, -0.15) is 0 Å². The van der Waals surface area contributed by atoms with E-state index in [-0.39, 0.29) is 16.8 Å². The molecule has 0 saturated carbocycles. The minimum absolute atomic E-state index is 0.160. The second-order valence-electron chi connectivity index (χ2n) is 7.81. The van der Waals surface area contributed by atoms with Gasteiger partial charge in [-0.25, -0.2) is 8.42 Å². The van der Waals surface area contributed by atoms with E-state index in [0.717, 1.165) is 25.8 Å². The van der Waals surface area contributed by atoms with Crippen LogP contribution in [0.1, 0.15) is 35.3 Å². The average molecular weight is 401 g/mol. The van der Waals surface area contributed by atoms with Crippen molar-refractivity contribution >= 4 is 15.7 Å². The molecule has 28 heavy (non-hydrogen) atoms. The lowest BCUT2D eigenvalue weighted by molar-refractivity contribution is 0.0904. The van der Waals surface area contributed by atoms with Crippen LogP contribution < -0.4 is 5.32 Å². The van der Waals surface area contributed by atoms with E-state index in [0.29, 0.717) is 18.0 Å². The van der Waals surface area contributed by atoms with Crippen molar-refractivity contribution in [1.82, 2.24) is 10.2 Å². The first-order valence-corrected chi connectivity index (χ1v) is 11.5. The number of carbonyl (C=O) groups is 1. The molecular formula is C22H28N2O3S. The van der Waals surface area contributed by atoms with Crippen molar-refractivity contribution in [1.29, 1.82) is 0 Å². The van der Waals surface area contributed by atoms with Crippen molar-refractivity contribution in [2.75, 3.05) is 19.3 Å². The van der Waals surface area contributed by atoms with Crippen LogP contribution in [0.2, 0.25) is 0 Å². The van der Waals surface area contributed by atoms with Crippen LogP contribution in [0.25, 0.3) is 0 Å². The summed E-state index contributed by atoms with van der Waals surface area (Å²) in [5, 5.41) is 3.00. The van der Waals surface area contributed by atoms with Crippen molar-refractivity contribution in [3.05, 3.63) is 65.2 Å². The number of sulfone groups is 1. The average Bonchev–Trinajstić information content (AvgIpc) is 2.67. The van der Waals surface area contributed by atoms with Gasteiger partial charge in [0.15, 0.2) is 9.84 Å². The zero-order chi connectivity index (χ0) is 20.3. The standard InChI is InChI=1S/C22H28N2O3S/c1-16(2)21(24-12-11-17-7-4-5-8-19(17)15-24)14-23-22(25)18-9-6-10-20(13-18)28(3,26)27/h4-10,13,16,21H,11-12,14-15H2,1-3H3,(H,23,25)/t21-/m0/s1. The number of nitrogens with zero attached hydrogens (tertiary/aromatic N) is 1. The highest BCUT2D eigenvalue weighted by Gasteiger charge is 2.26. The molecule has 0 aliphatic carbocycles. The molecule has 0 aromatic heterocycles. The van der Waals surface area contributed by atoms with E-state index in [1.54, 1.807) is 12.1 Å². The molecule has 0 saturated heterocycles. The fraction of sp³-hybridized carbons (Fsp3) is 0.409. The summed E-state index contributed by atoms with van der Waals surface area (Å²) in [6.07, 6.45) is 2.16. The first-order valence-electron chi connectivity index (χ1n) is 9.65. The van der Waals surface area contributed by atoms with E-state index in [2.05, 4.69) is 48.3 Å². The highest BCUT2D eigenvalue weighted by Crippen LogP contribution is 2.23. The number of hydrogen-bond donors (Lipinski definition) is 1. The van der Waals surface area contributed by atoms with Gasteiger partial charge in [0.25, 0.3) is 5.91 Å². The minimum Gasteiger partial charge on any atom is -0.350 e. The molecule has 0 fully saturated rings. The maximum atomic E-state index is 12.6. The summed E-state index contributed by atoms with van der Waals surface area (Å²) in [6.45, 7) is 6.72. The Morgan fingerprint density at radius 3 is 2.50 bits per heavy atom. The molecule has 150 valence electrons. The quantitative estimate of drug-likeness (QED) is 0.810. The molecule has 2 aromatic carbocycles. The smallest absolute Gasteiger partial charge is 0.251 e. The van der Waals surface area contributed by atoms with Gasteiger partial charge in [-0.3, -0.25) is 9.69 Å². The third-order valence-corrected chi connectivity index (χ3v) is 6.51. The van der Waals surface area contributed by atoms with Crippen LogP contribution in [0, 0.1) is 5.92 Å². The second kappa shape index (κ2) is 8.45. The van der Waals surface area contributed by atoms with Crippen LogP contribution in [-0.4, -0.2) is 44.6 Å². The predicted molar refractivity (Wildman–Crippen MR) is 111 cm³/mol. The summed E-state index contributed by atoms with van der Waals surface area (Å²) in [5.74, 6) is 0.140. The van der Waals surface area contributed by atoms with Crippen molar-refractivity contribution in [2.45, 2.75) is 37.8 Å². The van der Waals surface area contributed by atoms with Gasteiger partial charge in [0, 0.05) is 37.5 Å². The fourth-order valence-corrected chi connectivity index (χ4v) is 4.42. The molecule has 1 aliphatic heterocycles. The molecule has 1 amide bonds. The van der Waals surface area contributed by atoms with Crippen LogP contribution in [-0.2, 0) is 22.8 Å². The van der Waals surface area contributed by atoms with Crippen molar-refractivity contribution in [3.63, 3.8) is 0 Å². The molecule has 6 heteroatoms. The Balaban J connectivity index is 1.68. The van der Waals surface area contributed by atoms with Gasteiger partial charge in [-0.1, -0.05) is 44.2 Å². The molecule has 0 spiro atoms. The molecule has 1 N–H and O–H groups in total. The molecular weight excluding hydrogens is 372 g/mol.